The zero-order valence-corrected chi connectivity index (χ0v) is 17.7. The smallest absolute Gasteiger partial charge is 0.211 e. The van der Waals surface area contributed by atoms with Gasteiger partial charge in [-0.25, -0.2) is 19.6 Å². The Bertz CT molecular complexity index is 569. The molecular formula is C24H38N2O2. The fraction of sp³-hybridized carbons (Fsp3) is 0.917. The fourth-order valence-corrected chi connectivity index (χ4v) is 6.62. The van der Waals surface area contributed by atoms with Crippen molar-refractivity contribution in [2.24, 2.45) is 33.2 Å². The maximum absolute atomic E-state index is 10.5. The van der Waals surface area contributed by atoms with Gasteiger partial charge >= 0.3 is 0 Å². The van der Waals surface area contributed by atoms with Gasteiger partial charge in [-0.05, 0) is 100 Å². The molecule has 1 atom stereocenters. The van der Waals surface area contributed by atoms with Gasteiger partial charge in [-0.2, -0.15) is 0 Å². The lowest BCUT2D eigenvalue weighted by molar-refractivity contribution is 0.0440. The van der Waals surface area contributed by atoms with Crippen LogP contribution in [0.1, 0.15) is 103 Å². The van der Waals surface area contributed by atoms with Gasteiger partial charge in [0.2, 0.25) is 12.2 Å². The molecular weight excluding hydrogens is 348 g/mol. The molecule has 0 aromatic heterocycles. The highest BCUT2D eigenvalue weighted by Gasteiger charge is 2.40. The van der Waals surface area contributed by atoms with Gasteiger partial charge < -0.3 is 0 Å². The normalized spacial score (nSPS) is 33.9. The molecule has 1 unspecified atom stereocenters. The Balaban J connectivity index is 1.56. The van der Waals surface area contributed by atoms with Crippen LogP contribution in [-0.2, 0) is 9.59 Å². The molecule has 3 aliphatic carbocycles. The van der Waals surface area contributed by atoms with Gasteiger partial charge in [0.05, 0.1) is 12.1 Å². The van der Waals surface area contributed by atoms with Gasteiger partial charge in [-0.3, -0.25) is 0 Å². The maximum atomic E-state index is 10.5. The lowest BCUT2D eigenvalue weighted by Crippen LogP contribution is -2.36. The molecule has 0 radical (unpaired) electrons. The van der Waals surface area contributed by atoms with E-state index in [1.54, 1.807) is 12.2 Å². The molecule has 4 heteroatoms. The third-order valence-corrected chi connectivity index (χ3v) is 8.38. The molecule has 0 bridgehead atoms. The number of isocyanates is 2. The molecule has 0 heterocycles. The first-order valence-corrected chi connectivity index (χ1v) is 11.8. The number of aliphatic imine (C=N–C) groups is 2. The summed E-state index contributed by atoms with van der Waals surface area (Å²) in [6.45, 7) is 2.53. The predicted molar refractivity (Wildman–Crippen MR) is 112 cm³/mol. The van der Waals surface area contributed by atoms with Crippen LogP contribution in [0.25, 0.3) is 0 Å². The lowest BCUT2D eigenvalue weighted by atomic mass is 9.59. The van der Waals surface area contributed by atoms with E-state index in [9.17, 15) is 9.59 Å². The summed E-state index contributed by atoms with van der Waals surface area (Å²) in [5, 5.41) is 0. The van der Waals surface area contributed by atoms with Crippen molar-refractivity contribution in [3.8, 4) is 0 Å². The van der Waals surface area contributed by atoms with E-state index < -0.39 is 0 Å². The van der Waals surface area contributed by atoms with Crippen molar-refractivity contribution in [1.82, 2.24) is 0 Å². The van der Waals surface area contributed by atoms with Crippen molar-refractivity contribution in [3.05, 3.63) is 0 Å². The van der Waals surface area contributed by atoms with Crippen LogP contribution in [0.5, 0.6) is 0 Å². The summed E-state index contributed by atoms with van der Waals surface area (Å²) in [6, 6.07) is 0.467. The summed E-state index contributed by atoms with van der Waals surface area (Å²) in [7, 11) is 0. The van der Waals surface area contributed by atoms with Crippen LogP contribution in [-0.4, -0.2) is 24.2 Å². The molecule has 3 saturated carbocycles. The minimum absolute atomic E-state index is 0.233. The number of hydrogen-bond acceptors (Lipinski definition) is 4. The Morgan fingerprint density at radius 3 is 1.79 bits per heavy atom. The Labute approximate surface area is 170 Å². The molecule has 156 valence electrons. The molecule has 0 aromatic rings. The lowest BCUT2D eigenvalue weighted by Gasteiger charge is -2.47. The highest BCUT2D eigenvalue weighted by atomic mass is 16.1. The largest absolute Gasteiger partial charge is 0.235 e. The number of rotatable bonds is 7. The predicted octanol–water partition coefficient (Wildman–Crippen LogP) is 6.14. The van der Waals surface area contributed by atoms with Crippen molar-refractivity contribution < 1.29 is 9.59 Å². The Hall–Kier alpha value is -1.24. The van der Waals surface area contributed by atoms with Crippen molar-refractivity contribution in [2.45, 2.75) is 115 Å². The van der Waals surface area contributed by atoms with Crippen molar-refractivity contribution in [3.63, 3.8) is 0 Å². The third kappa shape index (κ3) is 5.65. The minimum Gasteiger partial charge on any atom is -0.211 e. The van der Waals surface area contributed by atoms with Gasteiger partial charge in [-0.1, -0.05) is 26.2 Å². The third-order valence-electron chi connectivity index (χ3n) is 8.38. The van der Waals surface area contributed by atoms with Gasteiger partial charge in [0.15, 0.2) is 0 Å². The highest BCUT2D eigenvalue weighted by Crippen LogP contribution is 2.51. The van der Waals surface area contributed by atoms with Crippen molar-refractivity contribution in [2.75, 3.05) is 0 Å². The Morgan fingerprint density at radius 2 is 1.29 bits per heavy atom. The van der Waals surface area contributed by atoms with E-state index >= 15 is 0 Å². The van der Waals surface area contributed by atoms with E-state index in [1.807, 2.05) is 0 Å². The van der Waals surface area contributed by atoms with Crippen LogP contribution in [0.2, 0.25) is 0 Å². The van der Waals surface area contributed by atoms with E-state index in [1.165, 1.54) is 70.6 Å². The fourth-order valence-electron chi connectivity index (χ4n) is 6.62. The van der Waals surface area contributed by atoms with E-state index in [-0.39, 0.29) is 12.1 Å². The molecule has 3 fully saturated rings. The first kappa shape index (κ1) is 21.5. The Kier molecular flexibility index (Phi) is 8.06. The second-order valence-corrected chi connectivity index (χ2v) is 10.1. The van der Waals surface area contributed by atoms with Crippen LogP contribution in [0.15, 0.2) is 9.98 Å². The monoisotopic (exact) mass is 386 g/mol. The summed E-state index contributed by atoms with van der Waals surface area (Å²) in [5.74, 6) is 2.41. The summed E-state index contributed by atoms with van der Waals surface area (Å²) in [4.78, 5) is 29.0. The first-order chi connectivity index (χ1) is 13.6. The number of carbonyl (C=O) groups excluding carboxylic acids is 2. The molecule has 0 spiro atoms. The molecule has 0 aromatic carbocycles. The Morgan fingerprint density at radius 1 is 0.786 bits per heavy atom. The maximum Gasteiger partial charge on any atom is 0.235 e. The number of nitrogens with zero attached hydrogens (tertiary/aromatic N) is 2. The molecule has 3 aliphatic rings. The zero-order valence-electron chi connectivity index (χ0n) is 17.7. The van der Waals surface area contributed by atoms with E-state index in [0.29, 0.717) is 5.41 Å². The summed E-state index contributed by atoms with van der Waals surface area (Å²) < 4.78 is 0. The zero-order chi connectivity index (χ0) is 19.8. The van der Waals surface area contributed by atoms with Crippen molar-refractivity contribution in [1.29, 1.82) is 0 Å². The quantitative estimate of drug-likeness (QED) is 0.389. The second kappa shape index (κ2) is 10.5. The van der Waals surface area contributed by atoms with E-state index in [0.717, 1.165) is 43.4 Å². The summed E-state index contributed by atoms with van der Waals surface area (Å²) >= 11 is 0. The van der Waals surface area contributed by atoms with Crippen LogP contribution in [0.3, 0.4) is 0 Å². The standard InChI is InChI=1S/C24H38N2O2/c1-19(15-20-5-9-22(10-6-20)25-17-27)24(13-3-2-4-14-24)16-21-7-11-23(12-8-21)26-18-28/h19-23H,2-16H2,1H3. The van der Waals surface area contributed by atoms with E-state index in [2.05, 4.69) is 16.9 Å². The van der Waals surface area contributed by atoms with Crippen LogP contribution in [0, 0.1) is 23.2 Å². The summed E-state index contributed by atoms with van der Waals surface area (Å²) in [5.41, 5.74) is 0.529. The minimum atomic E-state index is 0.233. The average molecular weight is 387 g/mol. The van der Waals surface area contributed by atoms with Crippen LogP contribution >= 0.6 is 0 Å². The van der Waals surface area contributed by atoms with Crippen LogP contribution in [0.4, 0.5) is 0 Å². The molecule has 0 N–H and O–H groups in total. The van der Waals surface area contributed by atoms with Crippen molar-refractivity contribution >= 4 is 12.2 Å². The van der Waals surface area contributed by atoms with Gasteiger partial charge in [0.25, 0.3) is 0 Å². The van der Waals surface area contributed by atoms with Gasteiger partial charge in [0, 0.05) is 0 Å². The number of hydrogen-bond donors (Lipinski definition) is 0. The molecule has 0 aliphatic heterocycles. The first-order valence-electron chi connectivity index (χ1n) is 11.8. The van der Waals surface area contributed by atoms with Gasteiger partial charge in [-0.15, -0.1) is 0 Å². The molecule has 0 saturated heterocycles. The average Bonchev–Trinajstić information content (AvgIpc) is 2.72. The highest BCUT2D eigenvalue weighted by molar-refractivity contribution is 5.33. The summed E-state index contributed by atoms with van der Waals surface area (Å²) in [6.07, 6.45) is 22.5. The molecule has 4 nitrogen and oxygen atoms in total. The van der Waals surface area contributed by atoms with Crippen LogP contribution < -0.4 is 0 Å². The topological polar surface area (TPSA) is 58.9 Å². The molecule has 3 rings (SSSR count). The molecule has 28 heavy (non-hydrogen) atoms. The molecule has 0 amide bonds. The van der Waals surface area contributed by atoms with Gasteiger partial charge in [0.1, 0.15) is 0 Å². The second-order valence-electron chi connectivity index (χ2n) is 10.1. The SMILES string of the molecule is CC(CC1CCC(N=C=O)CC1)C1(CC2CCC(N=C=O)CC2)CCCCC1. The van der Waals surface area contributed by atoms with E-state index in [4.69, 9.17) is 0 Å².